The Hall–Kier alpha value is -3.21. The first-order chi connectivity index (χ1) is 32.7. The van der Waals surface area contributed by atoms with Crippen LogP contribution in [0.2, 0.25) is 0 Å². The summed E-state index contributed by atoms with van der Waals surface area (Å²) >= 11 is 0. The molecule has 66 heavy (non-hydrogen) atoms. The molecule has 0 bridgehead atoms. The second-order valence-corrected chi connectivity index (χ2v) is 18.2. The number of amides is 1. The predicted octanol–water partition coefficient (Wildman–Crippen LogP) is 18.5. The molecule has 0 aromatic carbocycles. The molecular formula is C62H105NO3. The smallest absolute Gasteiger partial charge is 0.220 e. The van der Waals surface area contributed by atoms with Gasteiger partial charge < -0.3 is 15.5 Å². The first kappa shape index (κ1) is 62.8. The van der Waals surface area contributed by atoms with Crippen LogP contribution in [0, 0.1) is 0 Å². The molecule has 0 saturated heterocycles. The molecule has 0 aliphatic carbocycles. The number of rotatable bonds is 49. The lowest BCUT2D eigenvalue weighted by Crippen LogP contribution is -2.45. The van der Waals surface area contributed by atoms with Gasteiger partial charge in [0.05, 0.1) is 18.8 Å². The van der Waals surface area contributed by atoms with Crippen LogP contribution in [0.1, 0.15) is 245 Å². The van der Waals surface area contributed by atoms with Gasteiger partial charge in [-0.25, -0.2) is 0 Å². The SMILES string of the molecule is CC/C=C\C/C=C\C/C=C\C/C=C\C/C=C\C/C=C\C/C=C\CCCCCCCCCCCCCCCCCCCC(=O)NC(CO)C(O)/C=C/CC/C=C/CC/C=C/CCCCCCC. The molecule has 0 fully saturated rings. The summed E-state index contributed by atoms with van der Waals surface area (Å²) in [6.07, 6.45) is 86.4. The third-order valence-corrected chi connectivity index (χ3v) is 11.9. The predicted molar refractivity (Wildman–Crippen MR) is 294 cm³/mol. The van der Waals surface area contributed by atoms with Gasteiger partial charge >= 0.3 is 0 Å². The van der Waals surface area contributed by atoms with Crippen molar-refractivity contribution in [2.75, 3.05) is 6.61 Å². The summed E-state index contributed by atoms with van der Waals surface area (Å²) in [4.78, 5) is 12.4. The fraction of sp³-hybridized carbons (Fsp3) is 0.661. The van der Waals surface area contributed by atoms with E-state index in [1.54, 1.807) is 6.08 Å². The lowest BCUT2D eigenvalue weighted by molar-refractivity contribution is -0.123. The molecule has 0 radical (unpaired) electrons. The molecule has 0 spiro atoms. The third kappa shape index (κ3) is 51.8. The standard InChI is InChI=1S/C62H105NO3/c1-3-5-7-9-11-13-15-17-19-20-21-22-23-24-25-26-27-28-29-30-31-32-33-34-35-36-37-38-39-40-41-42-44-46-48-50-52-54-56-58-62(66)63-60(59-64)61(65)57-55-53-51-49-47-45-43-18-16-14-12-10-8-6-4-2/h5,7,11,13,16-19,21-22,24-25,27-28,30-31,47,49,55,57,60-61,64-65H,3-4,6,8-10,12,14-15,20,23,26,29,32-46,48,50-54,56,58-59H2,1-2H3,(H,63,66)/b7-5-,13-11-,18-16+,19-17-,22-21-,25-24-,28-27-,31-30-,49-47+,57-55+. The third-order valence-electron chi connectivity index (χ3n) is 11.9. The van der Waals surface area contributed by atoms with Gasteiger partial charge in [0.2, 0.25) is 5.91 Å². The molecule has 0 aliphatic heterocycles. The second kappa shape index (κ2) is 56.1. The van der Waals surface area contributed by atoms with Crippen molar-refractivity contribution in [1.29, 1.82) is 0 Å². The summed E-state index contributed by atoms with van der Waals surface area (Å²) in [6, 6.07) is -0.651. The van der Waals surface area contributed by atoms with Crippen molar-refractivity contribution in [2.24, 2.45) is 0 Å². The summed E-state index contributed by atoms with van der Waals surface area (Å²) < 4.78 is 0. The average Bonchev–Trinajstić information content (AvgIpc) is 3.32. The average molecular weight is 913 g/mol. The van der Waals surface area contributed by atoms with Crippen LogP contribution in [0.3, 0.4) is 0 Å². The van der Waals surface area contributed by atoms with Crippen molar-refractivity contribution in [3.63, 3.8) is 0 Å². The molecule has 1 amide bonds. The molecule has 2 unspecified atom stereocenters. The topological polar surface area (TPSA) is 69.6 Å². The van der Waals surface area contributed by atoms with Crippen LogP contribution >= 0.6 is 0 Å². The lowest BCUT2D eigenvalue weighted by atomic mass is 10.0. The Morgan fingerprint density at radius 1 is 0.379 bits per heavy atom. The molecule has 0 heterocycles. The molecule has 0 aliphatic rings. The van der Waals surface area contributed by atoms with E-state index >= 15 is 0 Å². The van der Waals surface area contributed by atoms with Gasteiger partial charge in [0, 0.05) is 6.42 Å². The van der Waals surface area contributed by atoms with Gasteiger partial charge in [-0.05, 0) is 103 Å². The highest BCUT2D eigenvalue weighted by Crippen LogP contribution is 2.15. The number of allylic oxidation sites excluding steroid dienone is 19. The highest BCUT2D eigenvalue weighted by Gasteiger charge is 2.17. The van der Waals surface area contributed by atoms with Gasteiger partial charge in [0.1, 0.15) is 0 Å². The van der Waals surface area contributed by atoms with Crippen LogP contribution < -0.4 is 5.32 Å². The van der Waals surface area contributed by atoms with E-state index in [4.69, 9.17) is 0 Å². The molecule has 3 N–H and O–H groups in total. The van der Waals surface area contributed by atoms with Crippen molar-refractivity contribution in [1.82, 2.24) is 5.32 Å². The van der Waals surface area contributed by atoms with E-state index in [1.165, 1.54) is 141 Å². The van der Waals surface area contributed by atoms with E-state index in [0.717, 1.165) is 83.5 Å². The summed E-state index contributed by atoms with van der Waals surface area (Å²) in [6.45, 7) is 4.16. The first-order valence-electron chi connectivity index (χ1n) is 27.7. The molecule has 376 valence electrons. The highest BCUT2D eigenvalue weighted by atomic mass is 16.3. The minimum atomic E-state index is -0.875. The van der Waals surface area contributed by atoms with Crippen molar-refractivity contribution in [3.05, 3.63) is 122 Å². The monoisotopic (exact) mass is 912 g/mol. The zero-order valence-electron chi connectivity index (χ0n) is 43.2. The number of hydrogen-bond donors (Lipinski definition) is 3. The molecule has 0 aromatic rings. The van der Waals surface area contributed by atoms with Gasteiger partial charge in [-0.3, -0.25) is 4.79 Å². The zero-order valence-corrected chi connectivity index (χ0v) is 43.2. The number of nitrogens with one attached hydrogen (secondary N) is 1. The maximum absolute atomic E-state index is 12.4. The molecule has 0 aromatic heterocycles. The lowest BCUT2D eigenvalue weighted by Gasteiger charge is -2.19. The fourth-order valence-electron chi connectivity index (χ4n) is 7.72. The van der Waals surface area contributed by atoms with E-state index in [2.05, 4.69) is 129 Å². The van der Waals surface area contributed by atoms with E-state index < -0.39 is 12.1 Å². The number of aliphatic hydroxyl groups is 2. The van der Waals surface area contributed by atoms with Crippen LogP contribution in [-0.2, 0) is 4.79 Å². The molecule has 0 rings (SSSR count). The molecule has 0 saturated carbocycles. The van der Waals surface area contributed by atoms with E-state index in [0.29, 0.717) is 6.42 Å². The number of carbonyl (C=O) groups is 1. The maximum Gasteiger partial charge on any atom is 0.220 e. The Labute approximate surface area is 409 Å². The maximum atomic E-state index is 12.4. The summed E-state index contributed by atoms with van der Waals surface area (Å²) in [5.74, 6) is -0.0812. The van der Waals surface area contributed by atoms with Crippen molar-refractivity contribution < 1.29 is 15.0 Å². The zero-order chi connectivity index (χ0) is 47.7. The fourth-order valence-corrected chi connectivity index (χ4v) is 7.72. The van der Waals surface area contributed by atoms with Gasteiger partial charge in [-0.15, -0.1) is 0 Å². The van der Waals surface area contributed by atoms with Crippen molar-refractivity contribution in [2.45, 2.75) is 257 Å². The number of aliphatic hydroxyl groups excluding tert-OH is 2. The largest absolute Gasteiger partial charge is 0.394 e. The second-order valence-electron chi connectivity index (χ2n) is 18.2. The summed E-state index contributed by atoms with van der Waals surface area (Å²) in [7, 11) is 0. The molecule has 4 heteroatoms. The minimum absolute atomic E-state index is 0.0812. The Morgan fingerprint density at radius 3 is 1.06 bits per heavy atom. The van der Waals surface area contributed by atoms with Crippen molar-refractivity contribution >= 4 is 5.91 Å². The Balaban J connectivity index is 3.54. The molecule has 2 atom stereocenters. The summed E-state index contributed by atoms with van der Waals surface area (Å²) in [5.41, 5.74) is 0. The highest BCUT2D eigenvalue weighted by molar-refractivity contribution is 5.76. The van der Waals surface area contributed by atoms with Crippen molar-refractivity contribution in [3.8, 4) is 0 Å². The van der Waals surface area contributed by atoms with Crippen LogP contribution in [0.15, 0.2) is 122 Å². The van der Waals surface area contributed by atoms with Gasteiger partial charge in [-0.2, -0.15) is 0 Å². The minimum Gasteiger partial charge on any atom is -0.394 e. The Morgan fingerprint density at radius 2 is 0.682 bits per heavy atom. The Kier molecular flexibility index (Phi) is 53.4. The van der Waals surface area contributed by atoms with E-state index in [-0.39, 0.29) is 12.5 Å². The van der Waals surface area contributed by atoms with E-state index in [1.807, 2.05) is 6.08 Å². The quantitative estimate of drug-likeness (QED) is 0.0421. The molecule has 4 nitrogen and oxygen atoms in total. The van der Waals surface area contributed by atoms with Crippen LogP contribution in [0.25, 0.3) is 0 Å². The van der Waals surface area contributed by atoms with Gasteiger partial charge in [0.15, 0.2) is 0 Å². The van der Waals surface area contributed by atoms with Crippen LogP contribution in [0.5, 0.6) is 0 Å². The number of carbonyl (C=O) groups excluding carboxylic acids is 1. The van der Waals surface area contributed by atoms with Crippen LogP contribution in [0.4, 0.5) is 0 Å². The van der Waals surface area contributed by atoms with Crippen LogP contribution in [-0.4, -0.2) is 34.9 Å². The number of unbranched alkanes of at least 4 members (excludes halogenated alkanes) is 24. The molecular weight excluding hydrogens is 807 g/mol. The first-order valence-corrected chi connectivity index (χ1v) is 27.7. The van der Waals surface area contributed by atoms with E-state index in [9.17, 15) is 15.0 Å². The summed E-state index contributed by atoms with van der Waals surface area (Å²) in [5, 5.41) is 23.1. The number of hydrogen-bond acceptors (Lipinski definition) is 3. The van der Waals surface area contributed by atoms with Gasteiger partial charge in [0.25, 0.3) is 0 Å². The normalized spacial score (nSPS) is 13.8. The Bertz CT molecular complexity index is 1310. The van der Waals surface area contributed by atoms with Gasteiger partial charge in [-0.1, -0.05) is 257 Å².